The minimum atomic E-state index is -0.902. The van der Waals surface area contributed by atoms with E-state index in [1.165, 1.54) is 12.2 Å². The molecule has 26 nitrogen and oxygen atoms in total. The van der Waals surface area contributed by atoms with Gasteiger partial charge in [-0.25, -0.2) is 19.6 Å². The Labute approximate surface area is 781 Å². The van der Waals surface area contributed by atoms with E-state index in [1.54, 1.807) is 72.7 Å². The van der Waals surface area contributed by atoms with Crippen molar-refractivity contribution in [3.05, 3.63) is 169 Å². The number of ketones is 4. The van der Waals surface area contributed by atoms with Gasteiger partial charge in [-0.3, -0.25) is 33.9 Å². The monoisotopic (exact) mass is 2360 g/mol. The summed E-state index contributed by atoms with van der Waals surface area (Å²) in [7, 11) is 4.94. The number of ether oxygens (including phenoxy) is 9. The van der Waals surface area contributed by atoms with E-state index >= 15 is 0 Å². The number of phenolic OH excluding ortho intramolecular Hbond substituents is 2. The molecule has 9 aliphatic rings. The summed E-state index contributed by atoms with van der Waals surface area (Å²) >= 11 is 6.07. The maximum absolute atomic E-state index is 13.5. The van der Waals surface area contributed by atoms with Crippen LogP contribution in [-0.2, 0) is 46.2 Å². The second kappa shape index (κ2) is 45.0. The molecule has 4 aromatic carbocycles. The van der Waals surface area contributed by atoms with E-state index in [-0.39, 0.29) is 215 Å². The number of aliphatic hydroxyl groups excluding tert-OH is 1. The molecule has 3 unspecified atom stereocenters. The summed E-state index contributed by atoms with van der Waals surface area (Å²) in [5.74, 6) is 0.649. The van der Waals surface area contributed by atoms with Crippen molar-refractivity contribution in [2.75, 3.05) is 34.5 Å². The Bertz CT molecular complexity index is 4840. The summed E-state index contributed by atoms with van der Waals surface area (Å²) in [5.41, 5.74) is 18.8. The number of rotatable bonds is 9. The number of aryl methyl sites for hydroxylation is 2. The van der Waals surface area contributed by atoms with Crippen molar-refractivity contribution in [3.63, 3.8) is 0 Å². The molecule has 13 rings (SSSR count). The molecule has 8 N–H and O–H groups in total. The van der Waals surface area contributed by atoms with Crippen LogP contribution in [0.25, 0.3) is 6.08 Å². The largest absolute Gasteiger partial charge is 0.507 e. The van der Waals surface area contributed by atoms with E-state index < -0.39 is 53.7 Å². The number of allylic oxidation sites excluding steroid dienone is 7. The zero-order valence-corrected chi connectivity index (χ0v) is 85.7. The average molecular weight is 2360 g/mol. The van der Waals surface area contributed by atoms with Crippen LogP contribution in [-0.4, -0.2) is 168 Å². The zero-order chi connectivity index (χ0) is 84.5. The van der Waals surface area contributed by atoms with Gasteiger partial charge in [0.25, 0.3) is 5.91 Å². The van der Waals surface area contributed by atoms with E-state index in [1.807, 2.05) is 111 Å². The summed E-state index contributed by atoms with van der Waals surface area (Å²) < 4.78 is 51.0. The third kappa shape index (κ3) is 24.7. The van der Waals surface area contributed by atoms with Crippen LogP contribution in [0.4, 0.5) is 4.79 Å². The van der Waals surface area contributed by atoms with Crippen LogP contribution in [0.3, 0.4) is 0 Å². The third-order valence-electron chi connectivity index (χ3n) is 21.9. The SMILES string of the molecule is CC1=C2C[C@@H](C)C[C@H](C)[C@H](O)[C@@H](C)/C=C(\C)[C@H](OC(N)=O)[C@@H](C)/C=C\C=C(/C)C(=O)NC(=CC1=O)C2=O.CCCCN1C(Cc2cc(C)c(OC)c(OC)c2)N=C2C(N)=NC=NC21.COc1cc2c(cc1C)OC[C@H]1Oc3c(ccc4c3C=CC(C)(C)O4)C(=O)[C@@H]21.C[C@@H]1C[C@H]2O[C@@H]2CC/C=C/C(=O)Cc2c(Cl)c(O)cc(O)c2C(=O)O1.P.[U].[U].[U]. The first-order valence-corrected chi connectivity index (χ1v) is 39.7. The number of hydrogen-bond acceptors (Lipinski definition) is 24. The molecule has 0 saturated carbocycles. The molecule has 1 saturated heterocycles. The number of aliphatic hydroxyl groups is 1. The minimum absolute atomic E-state index is 0. The molecule has 0 aromatic heterocycles. The van der Waals surface area contributed by atoms with Crippen molar-refractivity contribution in [1.82, 2.24) is 10.2 Å². The van der Waals surface area contributed by atoms with E-state index in [4.69, 9.17) is 70.7 Å². The molecule has 31 heteroatoms. The summed E-state index contributed by atoms with van der Waals surface area (Å²) in [6.45, 7) is 25.9. The van der Waals surface area contributed by atoms with Gasteiger partial charge < -0.3 is 74.7 Å². The first-order chi connectivity index (χ1) is 55.0. The number of nitrogens with zero attached hydrogens (tertiary/aromatic N) is 4. The maximum Gasteiger partial charge on any atom is 0.405 e. The van der Waals surface area contributed by atoms with E-state index in [9.17, 15) is 48.9 Å². The number of phenols is 2. The van der Waals surface area contributed by atoms with Gasteiger partial charge >= 0.3 is 12.1 Å². The Morgan fingerprint density at radius 3 is 2.24 bits per heavy atom. The number of fused-ring (bicyclic) bond motifs is 11. The zero-order valence-electron chi connectivity index (χ0n) is 71.0. The van der Waals surface area contributed by atoms with Crippen molar-refractivity contribution < 1.29 is 185 Å². The number of amidine groups is 1. The molecule has 4 aromatic rings. The molecule has 0 radical (unpaired) electrons. The number of aliphatic imine (C=N–C) groups is 3. The van der Waals surface area contributed by atoms with Crippen LogP contribution < -0.4 is 45.2 Å². The van der Waals surface area contributed by atoms with Crippen LogP contribution in [0.1, 0.15) is 181 Å². The molecule has 1 fully saturated rings. The van der Waals surface area contributed by atoms with Crippen molar-refractivity contribution >= 4 is 86.6 Å². The number of esters is 1. The van der Waals surface area contributed by atoms with Crippen LogP contribution in [0.2, 0.25) is 5.02 Å². The summed E-state index contributed by atoms with van der Waals surface area (Å²) in [6, 6.07) is 12.6. The van der Waals surface area contributed by atoms with Gasteiger partial charge in [0.15, 0.2) is 35.0 Å². The minimum Gasteiger partial charge on any atom is -0.507 e. The number of unbranched alkanes of at least 4 members (excludes halogenated alkanes) is 1. The summed E-state index contributed by atoms with van der Waals surface area (Å²) in [6.07, 6.45) is 19.5. The smallest absolute Gasteiger partial charge is 0.405 e. The molecular formula is C89H111ClN7O19PU3. The normalized spacial score (nSPS) is 26.7. The van der Waals surface area contributed by atoms with Gasteiger partial charge in [0.05, 0.1) is 67.4 Å². The number of cyclic esters (lactones) is 1. The fraction of sp³-hybridized carbons (Fsp3) is 0.461. The van der Waals surface area contributed by atoms with Crippen molar-refractivity contribution in [2.24, 2.45) is 50.1 Å². The summed E-state index contributed by atoms with van der Waals surface area (Å²) in [4.78, 5) is 104. The Balaban J connectivity index is 0.000000248. The van der Waals surface area contributed by atoms with E-state index in [2.05, 4.69) is 33.2 Å². The molecule has 0 spiro atoms. The van der Waals surface area contributed by atoms with Gasteiger partial charge in [-0.15, -0.1) is 0 Å². The number of Topliss-reactive ketones (excluding diaryl/α,β-unsaturated/α-hetero) is 2. The Hall–Kier alpha value is -7.08. The number of benzene rings is 4. The first kappa shape index (κ1) is 102. The second-order valence-electron chi connectivity index (χ2n) is 31.6. The molecule has 120 heavy (non-hydrogen) atoms. The first-order valence-electron chi connectivity index (χ1n) is 39.3. The van der Waals surface area contributed by atoms with E-state index in [0.717, 1.165) is 106 Å². The van der Waals surface area contributed by atoms with Crippen molar-refractivity contribution in [3.8, 4) is 46.0 Å². The average Bonchev–Trinajstić information content (AvgIpc) is 1.01. The topological polar surface area (TPSA) is 371 Å². The fourth-order valence-electron chi connectivity index (χ4n) is 15.8. The molecule has 640 valence electrons. The van der Waals surface area contributed by atoms with Crippen molar-refractivity contribution in [2.45, 2.75) is 208 Å². The number of halogens is 1. The van der Waals surface area contributed by atoms with Gasteiger partial charge in [0.1, 0.15) is 94.6 Å². The Kier molecular flexibility index (Phi) is 38.1. The molecule has 8 heterocycles. The Morgan fingerprint density at radius 1 is 0.842 bits per heavy atom. The number of nitrogens with one attached hydrogen (secondary N) is 1. The number of methoxy groups -OCH3 is 3. The van der Waals surface area contributed by atoms with Crippen LogP contribution >= 0.6 is 21.5 Å². The number of epoxide rings is 1. The van der Waals surface area contributed by atoms with Crippen LogP contribution in [0.5, 0.6) is 46.0 Å². The van der Waals surface area contributed by atoms with E-state index in [0.29, 0.717) is 66.2 Å². The summed E-state index contributed by atoms with van der Waals surface area (Å²) in [5, 5.41) is 33.4. The van der Waals surface area contributed by atoms with Gasteiger partial charge in [-0.05, 0) is 170 Å². The number of aromatic hydroxyl groups is 2. The number of nitrogens with two attached hydrogens (primary N) is 2. The molecule has 2 bridgehead atoms. The number of carbonyl (C=O) groups excluding carboxylic acids is 7. The Morgan fingerprint density at radius 2 is 1.56 bits per heavy atom. The molecule has 14 atom stereocenters. The fourth-order valence-corrected chi connectivity index (χ4v) is 16.0. The molecule has 1 aliphatic carbocycles. The van der Waals surface area contributed by atoms with Gasteiger partial charge in [0, 0.05) is 171 Å². The maximum atomic E-state index is 13.5. The van der Waals surface area contributed by atoms with Gasteiger partial charge in [0.2, 0.25) is 5.78 Å². The quantitative estimate of drug-likeness (QED) is 0.0298. The van der Waals surface area contributed by atoms with Crippen LogP contribution in [0, 0.1) is 131 Å². The predicted octanol–water partition coefficient (Wildman–Crippen LogP) is 13.5. The predicted molar refractivity (Wildman–Crippen MR) is 453 cm³/mol. The molecule has 8 aliphatic heterocycles. The number of amides is 2. The second-order valence-corrected chi connectivity index (χ2v) is 31.9. The number of hydrogen-bond donors (Lipinski definition) is 6. The molecular weight excluding hydrogens is 2250 g/mol. The van der Waals surface area contributed by atoms with Gasteiger partial charge in [-0.2, -0.15) is 9.90 Å². The number of carbonyl (C=O) groups is 7. The van der Waals surface area contributed by atoms with Crippen molar-refractivity contribution in [1.29, 1.82) is 0 Å². The third-order valence-corrected chi connectivity index (χ3v) is 22.4. The van der Waals surface area contributed by atoms with Crippen LogP contribution in [0.15, 0.2) is 134 Å². The van der Waals surface area contributed by atoms with Gasteiger partial charge in [-0.1, -0.05) is 89.1 Å². The standard InChI is InChI=1S/C29H40N2O6.C23H22O5.C19H27N5O2.C18H19ClO6.H3P.3U/c1-15-11-18(4)25(33)19(5)13-20(6)27(37-29(30)36)16(2)9-8-10-17(3)28(35)31-23-14-24(32)21(7)22(12-15)26(23)34;1-12-9-18-15(10-17(12)25-4)20-19(11-26-18)27-22-13-7-8-23(2,3)28-16(13)6-5-14(22)21(20)24;1-5-6-7-24-15(23-16-18(20)21-11-22-19(16)24)10-13-8-12(2)17(26-4)14(9-13)25-3;1-9-6-15-14(25-15)5-3-2-4-10(20)7-11-16(18(23)24-9)12(21)8-13(22)17(11)19;;;;/h8-10,13-16,18-19,25,27,33H,11-12H2,1-7H3,(H2,30,36)(H,31,35);5-10,19-20H,11H2,1-4H3;8-9,11,15,19H,5-7,10H2,1-4H3,(H2,20,21,22);2,4,8-9,14-15,21-22H,3,5-7H2,1H3;1H3;;;/b9-8-,17-10+,20-13+;;;4-2+;;;;/t15-,16-,18-,19-,25-,27+;19-,20+;;9-,14-,15-;;;;/m01.1..../s1. The molecule has 2 amide bonds. The number of primary amides is 1.